The highest BCUT2D eigenvalue weighted by atomic mass is 19.4. The van der Waals surface area contributed by atoms with Crippen molar-refractivity contribution >= 4 is 11.9 Å². The van der Waals surface area contributed by atoms with Crippen LogP contribution < -0.4 is 0 Å². The zero-order valence-corrected chi connectivity index (χ0v) is 10.0. The summed E-state index contributed by atoms with van der Waals surface area (Å²) in [6.45, 7) is 3.75. The van der Waals surface area contributed by atoms with E-state index in [0.717, 1.165) is 37.0 Å². The number of hydrogen-bond donors (Lipinski definition) is 0. The largest absolute Gasteiger partial charge is 0.416 e. The fourth-order valence-corrected chi connectivity index (χ4v) is 1.58. The van der Waals surface area contributed by atoms with E-state index in [2.05, 4.69) is 4.99 Å². The molecule has 1 aromatic carbocycles. The van der Waals surface area contributed by atoms with Crippen molar-refractivity contribution < 1.29 is 13.2 Å². The second-order valence-corrected chi connectivity index (χ2v) is 3.83. The highest BCUT2D eigenvalue weighted by Crippen LogP contribution is 2.33. The third-order valence-electron chi connectivity index (χ3n) is 2.48. The zero-order valence-electron chi connectivity index (χ0n) is 10.0. The summed E-state index contributed by atoms with van der Waals surface area (Å²) in [5.41, 5.74) is 0.659. The topological polar surface area (TPSA) is 12.4 Å². The minimum atomic E-state index is -4.30. The number of aryl methyl sites for hydroxylation is 1. The van der Waals surface area contributed by atoms with Crippen molar-refractivity contribution in [3.8, 4) is 0 Å². The number of aliphatic imine (C=N–C) groups is 1. The minimum absolute atomic E-state index is 0.427. The molecule has 0 saturated heterocycles. The van der Waals surface area contributed by atoms with Gasteiger partial charge in [-0.2, -0.15) is 13.2 Å². The molecule has 1 rings (SSSR count). The maximum Gasteiger partial charge on any atom is 0.416 e. The van der Waals surface area contributed by atoms with Crippen LogP contribution in [0.3, 0.4) is 0 Å². The number of hydrogen-bond acceptors (Lipinski definition) is 1. The van der Waals surface area contributed by atoms with Crippen LogP contribution in [0.4, 0.5) is 18.9 Å². The van der Waals surface area contributed by atoms with E-state index >= 15 is 0 Å². The maximum atomic E-state index is 12.5. The summed E-state index contributed by atoms with van der Waals surface area (Å²) in [6, 6.07) is 3.77. The van der Waals surface area contributed by atoms with Crippen molar-refractivity contribution in [1.29, 1.82) is 0 Å². The van der Waals surface area contributed by atoms with Crippen LogP contribution in [0.25, 0.3) is 0 Å². The summed E-state index contributed by atoms with van der Waals surface area (Å²) in [7, 11) is 0. The Bertz CT molecular complexity index is 394. The van der Waals surface area contributed by atoms with Crippen LogP contribution in [0.15, 0.2) is 23.2 Å². The Balaban J connectivity index is 3.08. The lowest BCUT2D eigenvalue weighted by Crippen LogP contribution is -2.04. The molecular weight excluding hydrogens is 227 g/mol. The maximum absolute atomic E-state index is 12.5. The van der Waals surface area contributed by atoms with Gasteiger partial charge in [-0.3, -0.25) is 4.99 Å². The number of rotatable bonds is 4. The Morgan fingerprint density at radius 3 is 2.53 bits per heavy atom. The van der Waals surface area contributed by atoms with Crippen molar-refractivity contribution in [2.45, 2.75) is 39.3 Å². The average molecular weight is 243 g/mol. The number of alkyl halides is 3. The van der Waals surface area contributed by atoms with E-state index in [1.807, 2.05) is 6.92 Å². The van der Waals surface area contributed by atoms with Crippen LogP contribution in [0.1, 0.15) is 37.8 Å². The summed E-state index contributed by atoms with van der Waals surface area (Å²) < 4.78 is 37.6. The molecule has 0 atom stereocenters. The minimum Gasteiger partial charge on any atom is -0.261 e. The van der Waals surface area contributed by atoms with Gasteiger partial charge in [-0.1, -0.05) is 19.4 Å². The molecule has 94 valence electrons. The van der Waals surface area contributed by atoms with Crippen LogP contribution in [-0.4, -0.2) is 6.21 Å². The van der Waals surface area contributed by atoms with Crippen LogP contribution in [-0.2, 0) is 12.6 Å². The molecular formula is C13H16F3N. The predicted octanol–water partition coefficient (Wildman–Crippen LogP) is 4.77. The third-order valence-corrected chi connectivity index (χ3v) is 2.48. The van der Waals surface area contributed by atoms with Gasteiger partial charge in [0.05, 0.1) is 11.3 Å². The van der Waals surface area contributed by atoms with Gasteiger partial charge in [0.15, 0.2) is 0 Å². The van der Waals surface area contributed by atoms with E-state index in [-0.39, 0.29) is 0 Å². The fraction of sp³-hybridized carbons (Fsp3) is 0.462. The van der Waals surface area contributed by atoms with Gasteiger partial charge in [0.25, 0.3) is 0 Å². The first-order valence-corrected chi connectivity index (χ1v) is 5.67. The molecule has 0 saturated carbocycles. The predicted molar refractivity (Wildman–Crippen MR) is 63.9 cm³/mol. The van der Waals surface area contributed by atoms with Crippen molar-refractivity contribution in [3.05, 3.63) is 29.3 Å². The first-order chi connectivity index (χ1) is 7.99. The van der Waals surface area contributed by atoms with Crippen LogP contribution in [0.2, 0.25) is 0 Å². The molecule has 0 aliphatic heterocycles. The van der Waals surface area contributed by atoms with E-state index in [9.17, 15) is 13.2 Å². The van der Waals surface area contributed by atoms with Gasteiger partial charge in [0, 0.05) is 6.21 Å². The quantitative estimate of drug-likeness (QED) is 0.675. The smallest absolute Gasteiger partial charge is 0.261 e. The average Bonchev–Trinajstić information content (AvgIpc) is 2.26. The standard InChI is InChI=1S/C13H16F3N/c1-3-5-6-10-7-8-11(13(14,15)16)9-12(10)17-4-2/h4,7-9H,3,5-6H2,1-2H3. The lowest BCUT2D eigenvalue weighted by atomic mass is 10.0. The molecule has 4 heteroatoms. The summed E-state index contributed by atoms with van der Waals surface area (Å²) in [5, 5.41) is 0. The molecule has 0 radical (unpaired) electrons. The molecule has 0 unspecified atom stereocenters. The number of benzene rings is 1. The van der Waals surface area contributed by atoms with E-state index in [0.29, 0.717) is 5.69 Å². The third kappa shape index (κ3) is 3.88. The summed E-state index contributed by atoms with van der Waals surface area (Å²) >= 11 is 0. The first kappa shape index (κ1) is 13.7. The lowest BCUT2D eigenvalue weighted by Gasteiger charge is -2.10. The Hall–Kier alpha value is -1.32. The molecule has 1 aromatic rings. The fourth-order valence-electron chi connectivity index (χ4n) is 1.58. The van der Waals surface area contributed by atoms with Crippen molar-refractivity contribution in [2.75, 3.05) is 0 Å². The van der Waals surface area contributed by atoms with Gasteiger partial charge >= 0.3 is 6.18 Å². The van der Waals surface area contributed by atoms with Crippen LogP contribution >= 0.6 is 0 Å². The molecule has 1 nitrogen and oxygen atoms in total. The monoisotopic (exact) mass is 243 g/mol. The Morgan fingerprint density at radius 2 is 2.00 bits per heavy atom. The molecule has 0 aliphatic rings. The Kier molecular flexibility index (Phi) is 4.73. The lowest BCUT2D eigenvalue weighted by molar-refractivity contribution is -0.137. The molecule has 0 bridgehead atoms. The molecule has 0 aliphatic carbocycles. The van der Waals surface area contributed by atoms with E-state index in [1.54, 1.807) is 6.92 Å². The molecule has 0 heterocycles. The molecule has 0 fully saturated rings. The van der Waals surface area contributed by atoms with E-state index in [4.69, 9.17) is 0 Å². The summed E-state index contributed by atoms with van der Waals surface area (Å²) in [4.78, 5) is 4.01. The van der Waals surface area contributed by atoms with Crippen LogP contribution in [0, 0.1) is 0 Å². The van der Waals surface area contributed by atoms with Gasteiger partial charge in [0.1, 0.15) is 0 Å². The number of nitrogens with zero attached hydrogens (tertiary/aromatic N) is 1. The highest BCUT2D eigenvalue weighted by molar-refractivity contribution is 5.63. The number of unbranched alkanes of at least 4 members (excludes halogenated alkanes) is 1. The second-order valence-electron chi connectivity index (χ2n) is 3.83. The SMILES string of the molecule is CC=Nc1cc(C(F)(F)F)ccc1CCCC. The van der Waals surface area contributed by atoms with Gasteiger partial charge in [-0.05, 0) is 37.5 Å². The zero-order chi connectivity index (χ0) is 12.9. The second kappa shape index (κ2) is 5.84. The van der Waals surface area contributed by atoms with Gasteiger partial charge < -0.3 is 0 Å². The van der Waals surface area contributed by atoms with Gasteiger partial charge in [-0.25, -0.2) is 0 Å². The number of halogens is 3. The van der Waals surface area contributed by atoms with E-state index in [1.165, 1.54) is 12.3 Å². The normalized spacial score (nSPS) is 12.3. The van der Waals surface area contributed by atoms with Gasteiger partial charge in [0.2, 0.25) is 0 Å². The summed E-state index contributed by atoms with van der Waals surface area (Å²) in [6.07, 6.45) is -0.0541. The van der Waals surface area contributed by atoms with Crippen molar-refractivity contribution in [2.24, 2.45) is 4.99 Å². The Morgan fingerprint density at radius 1 is 1.29 bits per heavy atom. The molecule has 0 aromatic heterocycles. The van der Waals surface area contributed by atoms with Crippen LogP contribution in [0.5, 0.6) is 0 Å². The van der Waals surface area contributed by atoms with Crippen molar-refractivity contribution in [3.63, 3.8) is 0 Å². The highest BCUT2D eigenvalue weighted by Gasteiger charge is 2.30. The van der Waals surface area contributed by atoms with E-state index < -0.39 is 11.7 Å². The molecule has 0 amide bonds. The summed E-state index contributed by atoms with van der Waals surface area (Å²) in [5.74, 6) is 0. The first-order valence-electron chi connectivity index (χ1n) is 5.67. The van der Waals surface area contributed by atoms with Crippen molar-refractivity contribution in [1.82, 2.24) is 0 Å². The molecule has 17 heavy (non-hydrogen) atoms. The van der Waals surface area contributed by atoms with Gasteiger partial charge in [-0.15, -0.1) is 0 Å². The molecule has 0 N–H and O–H groups in total. The molecule has 0 spiro atoms. The Labute approximate surface area is 99.4 Å².